The lowest BCUT2D eigenvalue weighted by molar-refractivity contribution is -0.123. The summed E-state index contributed by atoms with van der Waals surface area (Å²) in [6.45, 7) is 4.39. The third kappa shape index (κ3) is 4.23. The van der Waals surface area contributed by atoms with Crippen molar-refractivity contribution in [2.24, 2.45) is 0 Å². The van der Waals surface area contributed by atoms with Gasteiger partial charge in [0.1, 0.15) is 57.7 Å². The normalized spacial score (nSPS) is 17.8. The molecular weight excluding hydrogens is 512 g/mol. The number of carbonyl (C=O) groups is 3. The van der Waals surface area contributed by atoms with Crippen molar-refractivity contribution in [3.8, 4) is 23.0 Å². The summed E-state index contributed by atoms with van der Waals surface area (Å²) in [7, 11) is 0. The van der Waals surface area contributed by atoms with E-state index in [2.05, 4.69) is 0 Å². The third-order valence-electron chi connectivity index (χ3n) is 7.20. The zero-order valence-corrected chi connectivity index (χ0v) is 22.0. The first-order valence-corrected chi connectivity index (χ1v) is 12.5. The van der Waals surface area contributed by atoms with Gasteiger partial charge in [-0.1, -0.05) is 48.5 Å². The first kappa shape index (κ1) is 26.5. The quantitative estimate of drug-likeness (QED) is 0.207. The molecule has 0 spiro atoms. The number of ether oxygens (including phenoxy) is 2. The molecule has 1 aliphatic heterocycles. The van der Waals surface area contributed by atoms with Crippen LogP contribution in [0.2, 0.25) is 0 Å². The van der Waals surface area contributed by atoms with Gasteiger partial charge in [0.25, 0.3) is 0 Å². The van der Waals surface area contributed by atoms with Crippen molar-refractivity contribution in [1.82, 2.24) is 0 Å². The average Bonchev–Trinajstić information content (AvgIpc) is 3.23. The highest BCUT2D eigenvalue weighted by Gasteiger charge is 2.55. The maximum Gasteiger partial charge on any atom is 0.193 e. The number of carbonyl (C=O) groups excluding carboxylic acids is 3. The molecule has 0 bridgehead atoms. The van der Waals surface area contributed by atoms with E-state index in [-0.39, 0.29) is 28.2 Å². The Balaban J connectivity index is 1.45. The molecule has 1 atom stereocenters. The van der Waals surface area contributed by atoms with Crippen molar-refractivity contribution < 1.29 is 39.2 Å². The molecule has 202 valence electrons. The Bertz CT molecular complexity index is 1660. The standard InChI is InChI=1S/C32H26O8/c1-17-28(36)26(22(34)14-11-19-9-12-21(13-10-19)39-16-20-7-5-4-6-8-20)30-27(29(17)37)32(3)24(40-30)15-23(35)25(18(2)33)31(32)38/h4-15,35-37H,16H2,1-3H3/b14-11+/t32-/m1/s1. The highest BCUT2D eigenvalue weighted by molar-refractivity contribution is 6.26. The van der Waals surface area contributed by atoms with Crippen LogP contribution >= 0.6 is 0 Å². The summed E-state index contributed by atoms with van der Waals surface area (Å²) in [6, 6.07) is 16.8. The molecule has 0 saturated heterocycles. The Morgan fingerprint density at radius 2 is 1.68 bits per heavy atom. The number of hydrogen-bond acceptors (Lipinski definition) is 8. The van der Waals surface area contributed by atoms with E-state index in [9.17, 15) is 29.7 Å². The van der Waals surface area contributed by atoms with Crippen LogP contribution in [-0.2, 0) is 21.6 Å². The van der Waals surface area contributed by atoms with E-state index in [1.807, 2.05) is 30.3 Å². The van der Waals surface area contributed by atoms with Gasteiger partial charge in [0.05, 0.1) is 5.56 Å². The fourth-order valence-corrected chi connectivity index (χ4v) is 4.93. The largest absolute Gasteiger partial charge is 0.507 e. The minimum absolute atomic E-state index is 0.0301. The van der Waals surface area contributed by atoms with E-state index in [0.717, 1.165) is 18.6 Å². The van der Waals surface area contributed by atoms with Crippen molar-refractivity contribution in [3.05, 3.63) is 112 Å². The second-order valence-corrected chi connectivity index (χ2v) is 9.82. The molecule has 0 unspecified atom stereocenters. The minimum atomic E-state index is -1.68. The summed E-state index contributed by atoms with van der Waals surface area (Å²) in [5, 5.41) is 32.1. The van der Waals surface area contributed by atoms with Gasteiger partial charge in [-0.2, -0.15) is 0 Å². The number of benzene rings is 3. The molecule has 3 N–H and O–H groups in total. The molecular formula is C32H26O8. The number of phenols is 2. The molecule has 3 aromatic carbocycles. The van der Waals surface area contributed by atoms with E-state index in [1.165, 1.54) is 19.9 Å². The maximum absolute atomic E-state index is 13.4. The molecule has 0 saturated carbocycles. The van der Waals surface area contributed by atoms with Crippen LogP contribution in [0.25, 0.3) is 6.08 Å². The molecule has 40 heavy (non-hydrogen) atoms. The number of hydrogen-bond donors (Lipinski definition) is 3. The van der Waals surface area contributed by atoms with Crippen LogP contribution in [0.4, 0.5) is 0 Å². The molecule has 0 amide bonds. The van der Waals surface area contributed by atoms with Gasteiger partial charge in [0.15, 0.2) is 17.3 Å². The van der Waals surface area contributed by atoms with Gasteiger partial charge in [-0.15, -0.1) is 0 Å². The number of fused-ring (bicyclic) bond motifs is 3. The second-order valence-electron chi connectivity index (χ2n) is 9.82. The van der Waals surface area contributed by atoms with E-state index in [0.29, 0.717) is 17.9 Å². The molecule has 3 aromatic rings. The summed E-state index contributed by atoms with van der Waals surface area (Å²) in [5.41, 5.74) is -0.731. The van der Waals surface area contributed by atoms with Crippen LogP contribution in [0.15, 0.2) is 83.8 Å². The Labute approximate surface area is 230 Å². The number of phenolic OH excluding ortho intramolecular Hbond substituents is 2. The number of aliphatic hydroxyl groups excluding tert-OH is 1. The second kappa shape index (κ2) is 9.89. The van der Waals surface area contributed by atoms with Crippen LogP contribution in [0.3, 0.4) is 0 Å². The Kier molecular flexibility index (Phi) is 6.55. The molecule has 8 heteroatoms. The van der Waals surface area contributed by atoms with Gasteiger partial charge in [-0.05, 0) is 50.1 Å². The molecule has 8 nitrogen and oxygen atoms in total. The summed E-state index contributed by atoms with van der Waals surface area (Å²) in [5.74, 6) is -3.21. The number of aromatic hydroxyl groups is 2. The molecule has 2 aliphatic rings. The third-order valence-corrected chi connectivity index (χ3v) is 7.20. The van der Waals surface area contributed by atoms with Crippen LogP contribution in [-0.4, -0.2) is 32.7 Å². The Morgan fingerprint density at radius 3 is 2.33 bits per heavy atom. The topological polar surface area (TPSA) is 130 Å². The predicted molar refractivity (Wildman–Crippen MR) is 146 cm³/mol. The first-order valence-electron chi connectivity index (χ1n) is 12.5. The predicted octanol–water partition coefficient (Wildman–Crippen LogP) is 5.40. The van der Waals surface area contributed by atoms with Crippen molar-refractivity contribution in [3.63, 3.8) is 0 Å². The monoisotopic (exact) mass is 538 g/mol. The lowest BCUT2D eigenvalue weighted by atomic mass is 9.71. The fraction of sp³-hybridized carbons (Fsp3) is 0.156. The summed E-state index contributed by atoms with van der Waals surface area (Å²) < 4.78 is 11.6. The van der Waals surface area contributed by atoms with Crippen LogP contribution < -0.4 is 9.47 Å². The Hall–Kier alpha value is -5.11. The van der Waals surface area contributed by atoms with Gasteiger partial charge >= 0.3 is 0 Å². The lowest BCUT2D eigenvalue weighted by Gasteiger charge is -2.28. The SMILES string of the molecule is CC(=O)C1=C(O)C=C2Oc3c(C(=O)/C=C/c4ccc(OCc5ccccc5)cc4)c(O)c(C)c(O)c3[C@]2(C)C1=O. The molecule has 5 rings (SSSR count). The lowest BCUT2D eigenvalue weighted by Crippen LogP contribution is -2.38. The van der Waals surface area contributed by atoms with Gasteiger partial charge < -0.3 is 24.8 Å². The average molecular weight is 539 g/mol. The van der Waals surface area contributed by atoms with E-state index in [1.54, 1.807) is 30.3 Å². The molecule has 0 fully saturated rings. The van der Waals surface area contributed by atoms with Crippen LogP contribution in [0.5, 0.6) is 23.0 Å². The number of Topliss-reactive ketones (excluding diaryl/α,β-unsaturated/α-hetero) is 2. The zero-order chi connectivity index (χ0) is 28.8. The number of aliphatic hydroxyl groups is 1. The first-order chi connectivity index (χ1) is 19.0. The summed E-state index contributed by atoms with van der Waals surface area (Å²) >= 11 is 0. The van der Waals surface area contributed by atoms with E-state index < -0.39 is 45.6 Å². The smallest absolute Gasteiger partial charge is 0.193 e. The molecule has 1 aliphatic carbocycles. The van der Waals surface area contributed by atoms with Gasteiger partial charge in [-0.25, -0.2) is 0 Å². The summed E-state index contributed by atoms with van der Waals surface area (Å²) in [6.07, 6.45) is 3.91. The van der Waals surface area contributed by atoms with Crippen molar-refractivity contribution in [2.45, 2.75) is 32.8 Å². The van der Waals surface area contributed by atoms with Crippen LogP contribution in [0, 0.1) is 6.92 Å². The molecule has 0 aromatic heterocycles. The fourth-order valence-electron chi connectivity index (χ4n) is 4.93. The maximum atomic E-state index is 13.4. The molecule has 1 heterocycles. The summed E-state index contributed by atoms with van der Waals surface area (Å²) in [4.78, 5) is 38.9. The van der Waals surface area contributed by atoms with Crippen LogP contribution in [0.1, 0.15) is 46.5 Å². The van der Waals surface area contributed by atoms with Gasteiger partial charge in [-0.3, -0.25) is 14.4 Å². The van der Waals surface area contributed by atoms with Crippen molar-refractivity contribution >= 4 is 23.4 Å². The van der Waals surface area contributed by atoms with Crippen molar-refractivity contribution in [1.29, 1.82) is 0 Å². The van der Waals surface area contributed by atoms with Gasteiger partial charge in [0.2, 0.25) is 0 Å². The molecule has 0 radical (unpaired) electrons. The number of allylic oxidation sites excluding steroid dienone is 4. The highest BCUT2D eigenvalue weighted by atomic mass is 16.5. The van der Waals surface area contributed by atoms with E-state index in [4.69, 9.17) is 9.47 Å². The van der Waals surface area contributed by atoms with E-state index >= 15 is 0 Å². The minimum Gasteiger partial charge on any atom is -0.507 e. The Morgan fingerprint density at radius 1 is 1.00 bits per heavy atom. The number of ketones is 3. The number of rotatable bonds is 7. The van der Waals surface area contributed by atoms with Gasteiger partial charge in [0, 0.05) is 11.6 Å². The highest BCUT2D eigenvalue weighted by Crippen LogP contribution is 2.57. The zero-order valence-electron chi connectivity index (χ0n) is 22.0. The van der Waals surface area contributed by atoms with Crippen molar-refractivity contribution in [2.75, 3.05) is 0 Å².